The first-order valence-electron chi connectivity index (χ1n) is 10.8. The summed E-state index contributed by atoms with van der Waals surface area (Å²) in [5.41, 5.74) is 0.236. The van der Waals surface area contributed by atoms with Gasteiger partial charge >= 0.3 is 0 Å². The number of piperidine rings is 1. The zero-order valence-electron chi connectivity index (χ0n) is 18.5. The number of anilines is 1. The van der Waals surface area contributed by atoms with Crippen LogP contribution in [0.1, 0.15) is 37.2 Å². The lowest BCUT2D eigenvalue weighted by molar-refractivity contribution is -0.127. The summed E-state index contributed by atoms with van der Waals surface area (Å²) in [5.74, 6) is -0.867. The predicted octanol–water partition coefficient (Wildman–Crippen LogP) is 5.14. The molecule has 3 heterocycles. The van der Waals surface area contributed by atoms with Crippen molar-refractivity contribution in [2.75, 3.05) is 18.4 Å². The summed E-state index contributed by atoms with van der Waals surface area (Å²) in [4.78, 5) is 31.5. The smallest absolute Gasteiger partial charge is 0.289 e. The topological polar surface area (TPSA) is 75.4 Å². The minimum absolute atomic E-state index is 0.0905. The number of rotatable bonds is 5. The van der Waals surface area contributed by atoms with Crippen molar-refractivity contribution in [1.29, 1.82) is 0 Å². The molecule has 8 heteroatoms. The van der Waals surface area contributed by atoms with Crippen molar-refractivity contribution in [2.24, 2.45) is 11.3 Å². The summed E-state index contributed by atoms with van der Waals surface area (Å²) in [6.07, 6.45) is 4.34. The number of hydrogen-bond acceptors (Lipinski definition) is 4. The summed E-state index contributed by atoms with van der Waals surface area (Å²) in [7, 11) is 0. The van der Waals surface area contributed by atoms with Crippen molar-refractivity contribution in [3.8, 4) is 11.1 Å². The van der Waals surface area contributed by atoms with Crippen LogP contribution < -0.4 is 5.32 Å². The molecule has 4 rings (SSSR count). The van der Waals surface area contributed by atoms with Crippen LogP contribution in [0.3, 0.4) is 0 Å². The number of nitrogens with one attached hydrogen (secondary N) is 1. The molecule has 1 N–H and O–H groups in total. The fourth-order valence-electron chi connectivity index (χ4n) is 4.18. The van der Waals surface area contributed by atoms with Crippen LogP contribution in [0.15, 0.2) is 59.3 Å². The number of nitrogens with zero attached hydrogens (tertiary/aromatic N) is 2. The third-order valence-electron chi connectivity index (χ3n) is 6.32. The lowest BCUT2D eigenvalue weighted by atomic mass is 9.73. The molecule has 1 fully saturated rings. The van der Waals surface area contributed by atoms with Gasteiger partial charge in [-0.3, -0.25) is 9.59 Å². The van der Waals surface area contributed by atoms with Gasteiger partial charge in [-0.1, -0.05) is 13.8 Å². The summed E-state index contributed by atoms with van der Waals surface area (Å²) < 4.78 is 32.1. The number of amides is 2. The predicted molar refractivity (Wildman–Crippen MR) is 119 cm³/mol. The van der Waals surface area contributed by atoms with Gasteiger partial charge in [-0.25, -0.2) is 13.8 Å². The van der Waals surface area contributed by atoms with Crippen LogP contribution in [-0.4, -0.2) is 34.8 Å². The quantitative estimate of drug-likeness (QED) is 0.581. The van der Waals surface area contributed by atoms with Gasteiger partial charge in [-0.15, -0.1) is 0 Å². The van der Waals surface area contributed by atoms with Crippen molar-refractivity contribution in [3.05, 3.63) is 72.3 Å². The fraction of sp³-hybridized carbons (Fsp3) is 0.320. The number of carbonyl (C=O) groups excluding carboxylic acids is 2. The zero-order valence-corrected chi connectivity index (χ0v) is 18.5. The molecule has 0 spiro atoms. The largest absolute Gasteiger partial charge is 0.459 e. The number of pyridine rings is 1. The van der Waals surface area contributed by atoms with Crippen molar-refractivity contribution < 1.29 is 22.8 Å². The molecule has 1 aromatic carbocycles. The Morgan fingerprint density at radius 2 is 1.76 bits per heavy atom. The molecule has 6 nitrogen and oxygen atoms in total. The van der Waals surface area contributed by atoms with Gasteiger partial charge < -0.3 is 14.6 Å². The van der Waals surface area contributed by atoms with Crippen molar-refractivity contribution in [3.63, 3.8) is 0 Å². The van der Waals surface area contributed by atoms with Gasteiger partial charge in [0.25, 0.3) is 5.91 Å². The van der Waals surface area contributed by atoms with Crippen LogP contribution in [-0.2, 0) is 4.79 Å². The highest BCUT2D eigenvalue weighted by Gasteiger charge is 2.39. The Hall–Kier alpha value is -3.55. The number of likely N-dealkylation sites (tertiary alicyclic amines) is 1. The number of furan rings is 1. The van der Waals surface area contributed by atoms with E-state index in [1.165, 1.54) is 24.6 Å². The van der Waals surface area contributed by atoms with E-state index in [0.717, 1.165) is 6.07 Å². The number of halogens is 2. The first kappa shape index (κ1) is 22.6. The van der Waals surface area contributed by atoms with Gasteiger partial charge in [-0.2, -0.15) is 0 Å². The van der Waals surface area contributed by atoms with Gasteiger partial charge in [0.2, 0.25) is 5.91 Å². The lowest BCUT2D eigenvalue weighted by Crippen LogP contribution is -2.45. The number of carbonyl (C=O) groups is 2. The van der Waals surface area contributed by atoms with Gasteiger partial charge in [0.1, 0.15) is 17.5 Å². The Balaban J connectivity index is 1.37. The maximum atomic E-state index is 13.5. The van der Waals surface area contributed by atoms with Crippen LogP contribution >= 0.6 is 0 Å². The molecule has 0 unspecified atom stereocenters. The van der Waals surface area contributed by atoms with E-state index in [0.29, 0.717) is 48.6 Å². The SMILES string of the molecule is CC(C)(C(=O)Nc1ccc(-c2cc(F)cc(F)c2)cn1)C1CCN(C(=O)c2ccco2)CC1. The Labute approximate surface area is 190 Å². The lowest BCUT2D eigenvalue weighted by Gasteiger charge is -2.39. The third kappa shape index (κ3) is 4.94. The normalized spacial score (nSPS) is 14.8. The molecule has 172 valence electrons. The Morgan fingerprint density at radius 3 is 2.33 bits per heavy atom. The van der Waals surface area contributed by atoms with Gasteiger partial charge in [0.05, 0.1) is 6.26 Å². The average molecular weight is 453 g/mol. The van der Waals surface area contributed by atoms with E-state index in [2.05, 4.69) is 10.3 Å². The minimum atomic E-state index is -0.675. The molecule has 0 saturated carbocycles. The van der Waals surface area contributed by atoms with E-state index in [1.807, 2.05) is 13.8 Å². The highest BCUT2D eigenvalue weighted by molar-refractivity contribution is 5.94. The third-order valence-corrected chi connectivity index (χ3v) is 6.32. The highest BCUT2D eigenvalue weighted by atomic mass is 19.1. The van der Waals surface area contributed by atoms with E-state index < -0.39 is 17.0 Å². The second-order valence-corrected chi connectivity index (χ2v) is 8.81. The summed E-state index contributed by atoms with van der Waals surface area (Å²) in [6, 6.07) is 9.86. The van der Waals surface area contributed by atoms with E-state index in [9.17, 15) is 18.4 Å². The van der Waals surface area contributed by atoms with E-state index in [4.69, 9.17) is 4.42 Å². The first-order valence-corrected chi connectivity index (χ1v) is 10.8. The Bertz CT molecular complexity index is 1120. The molecule has 0 bridgehead atoms. The summed E-state index contributed by atoms with van der Waals surface area (Å²) in [6.45, 7) is 4.89. The van der Waals surface area contributed by atoms with Crippen LogP contribution in [0.25, 0.3) is 11.1 Å². The maximum absolute atomic E-state index is 13.5. The zero-order chi connectivity index (χ0) is 23.6. The molecule has 2 aromatic heterocycles. The molecule has 2 amide bonds. The van der Waals surface area contributed by atoms with Gasteiger partial charge in [-0.05, 0) is 60.7 Å². The Morgan fingerprint density at radius 1 is 1.06 bits per heavy atom. The molecular formula is C25H25F2N3O3. The van der Waals surface area contributed by atoms with E-state index in [-0.39, 0.29) is 17.7 Å². The molecule has 0 aliphatic carbocycles. The summed E-state index contributed by atoms with van der Waals surface area (Å²) >= 11 is 0. The van der Waals surface area contributed by atoms with Gasteiger partial charge in [0.15, 0.2) is 5.76 Å². The number of benzene rings is 1. The van der Waals surface area contributed by atoms with E-state index >= 15 is 0 Å². The molecule has 1 aliphatic rings. The standard InChI is InChI=1S/C25H25F2N3O3/c1-25(2,18-7-9-30(10-8-18)23(31)21-4-3-11-33-21)24(32)29-22-6-5-16(15-28-22)17-12-19(26)14-20(27)13-17/h3-6,11-15,18H,7-10H2,1-2H3,(H,28,29,32). The summed E-state index contributed by atoms with van der Waals surface area (Å²) in [5, 5.41) is 2.84. The second kappa shape index (κ2) is 9.13. The molecule has 1 saturated heterocycles. The van der Waals surface area contributed by atoms with Crippen LogP contribution in [0.4, 0.5) is 14.6 Å². The first-order chi connectivity index (χ1) is 15.7. The molecule has 1 aliphatic heterocycles. The molecule has 0 radical (unpaired) electrons. The van der Waals surface area contributed by atoms with Crippen LogP contribution in [0.2, 0.25) is 0 Å². The molecule has 33 heavy (non-hydrogen) atoms. The monoisotopic (exact) mass is 453 g/mol. The van der Waals surface area contributed by atoms with Crippen molar-refractivity contribution >= 4 is 17.6 Å². The van der Waals surface area contributed by atoms with E-state index in [1.54, 1.807) is 29.2 Å². The van der Waals surface area contributed by atoms with Crippen molar-refractivity contribution in [1.82, 2.24) is 9.88 Å². The highest BCUT2D eigenvalue weighted by Crippen LogP contribution is 2.36. The Kier molecular flexibility index (Phi) is 6.26. The van der Waals surface area contributed by atoms with Gasteiger partial charge in [0, 0.05) is 36.3 Å². The fourth-order valence-corrected chi connectivity index (χ4v) is 4.18. The minimum Gasteiger partial charge on any atom is -0.459 e. The number of hydrogen-bond donors (Lipinski definition) is 1. The molecule has 0 atom stereocenters. The average Bonchev–Trinajstić information content (AvgIpc) is 3.33. The molecular weight excluding hydrogens is 428 g/mol. The molecule has 3 aromatic rings. The second-order valence-electron chi connectivity index (χ2n) is 8.81. The van der Waals surface area contributed by atoms with Crippen molar-refractivity contribution in [2.45, 2.75) is 26.7 Å². The maximum Gasteiger partial charge on any atom is 0.289 e. The van der Waals surface area contributed by atoms with Crippen LogP contribution in [0, 0.1) is 23.0 Å². The number of aromatic nitrogens is 1. The van der Waals surface area contributed by atoms with Crippen LogP contribution in [0.5, 0.6) is 0 Å².